The SMILES string of the molecule is CC(=O)Nc1ccc(C(=O)Nc2cc(F)c(=O)n(CCF)c2)cc1Cl. The molecule has 0 aliphatic rings. The molecule has 2 amide bonds. The van der Waals surface area contributed by atoms with Crippen LogP contribution in [0.25, 0.3) is 0 Å². The summed E-state index contributed by atoms with van der Waals surface area (Å²) in [5, 5.41) is 5.05. The van der Waals surface area contributed by atoms with Crippen LogP contribution in [0.1, 0.15) is 17.3 Å². The summed E-state index contributed by atoms with van der Waals surface area (Å²) in [6, 6.07) is 5.04. The third-order valence-electron chi connectivity index (χ3n) is 3.17. The minimum atomic E-state index is -1.11. The molecule has 2 N–H and O–H groups in total. The van der Waals surface area contributed by atoms with Crippen molar-refractivity contribution in [3.05, 3.63) is 57.2 Å². The van der Waals surface area contributed by atoms with Gasteiger partial charge in [-0.15, -0.1) is 0 Å². The van der Waals surface area contributed by atoms with Crippen LogP contribution in [0.3, 0.4) is 0 Å². The van der Waals surface area contributed by atoms with Crippen LogP contribution in [0.15, 0.2) is 35.3 Å². The number of rotatable bonds is 5. The second-order valence-electron chi connectivity index (χ2n) is 5.09. The summed E-state index contributed by atoms with van der Waals surface area (Å²) in [5.74, 6) is -2.03. The number of carbonyl (C=O) groups is 2. The lowest BCUT2D eigenvalue weighted by Gasteiger charge is -2.10. The molecule has 0 saturated heterocycles. The number of amides is 2. The average Bonchev–Trinajstić information content (AvgIpc) is 2.53. The molecule has 0 saturated carbocycles. The molecule has 0 aliphatic carbocycles. The molecule has 0 fully saturated rings. The van der Waals surface area contributed by atoms with Crippen molar-refractivity contribution in [2.24, 2.45) is 0 Å². The highest BCUT2D eigenvalue weighted by Crippen LogP contribution is 2.23. The van der Waals surface area contributed by atoms with Gasteiger partial charge in [0, 0.05) is 24.8 Å². The molecule has 0 atom stereocenters. The van der Waals surface area contributed by atoms with E-state index in [1.165, 1.54) is 25.1 Å². The summed E-state index contributed by atoms with van der Waals surface area (Å²) in [6.45, 7) is 0.144. The number of nitrogens with one attached hydrogen (secondary N) is 2. The Hall–Kier alpha value is -2.74. The largest absolute Gasteiger partial charge is 0.325 e. The van der Waals surface area contributed by atoms with E-state index < -0.39 is 24.0 Å². The molecule has 0 radical (unpaired) electrons. The van der Waals surface area contributed by atoms with Crippen molar-refractivity contribution in [3.8, 4) is 0 Å². The number of benzene rings is 1. The standard InChI is InChI=1S/C16H14ClF2N3O3/c1-9(23)20-14-3-2-10(6-12(14)17)15(24)21-11-7-13(19)16(25)22(8-11)5-4-18/h2-3,6-8H,4-5H2,1H3,(H,20,23)(H,21,24). The molecule has 6 nitrogen and oxygen atoms in total. The molecule has 0 spiro atoms. The van der Waals surface area contributed by atoms with E-state index in [9.17, 15) is 23.2 Å². The molecule has 0 bridgehead atoms. The van der Waals surface area contributed by atoms with E-state index in [2.05, 4.69) is 10.6 Å². The highest BCUT2D eigenvalue weighted by Gasteiger charge is 2.12. The Labute approximate surface area is 146 Å². The van der Waals surface area contributed by atoms with Crippen LogP contribution in [0.2, 0.25) is 5.02 Å². The van der Waals surface area contributed by atoms with Gasteiger partial charge in [0.2, 0.25) is 5.91 Å². The fourth-order valence-electron chi connectivity index (χ4n) is 2.08. The molecule has 2 rings (SSSR count). The number of halogens is 3. The molecular formula is C16H14ClF2N3O3. The summed E-state index contributed by atoms with van der Waals surface area (Å²) < 4.78 is 26.8. The van der Waals surface area contributed by atoms with E-state index >= 15 is 0 Å². The first-order valence-electron chi connectivity index (χ1n) is 7.16. The first-order valence-corrected chi connectivity index (χ1v) is 7.54. The third kappa shape index (κ3) is 4.63. The predicted molar refractivity (Wildman–Crippen MR) is 90.3 cm³/mol. The van der Waals surface area contributed by atoms with Gasteiger partial charge < -0.3 is 15.2 Å². The second-order valence-corrected chi connectivity index (χ2v) is 5.50. The van der Waals surface area contributed by atoms with Crippen molar-refractivity contribution in [2.75, 3.05) is 17.3 Å². The van der Waals surface area contributed by atoms with Gasteiger partial charge in [-0.1, -0.05) is 11.6 Å². The van der Waals surface area contributed by atoms with E-state index in [1.54, 1.807) is 0 Å². The van der Waals surface area contributed by atoms with Gasteiger partial charge in [-0.05, 0) is 18.2 Å². The van der Waals surface area contributed by atoms with Gasteiger partial charge in [-0.25, -0.2) is 8.78 Å². The van der Waals surface area contributed by atoms with Gasteiger partial charge in [-0.3, -0.25) is 14.4 Å². The van der Waals surface area contributed by atoms with Crippen molar-refractivity contribution in [3.63, 3.8) is 0 Å². The number of pyridine rings is 1. The van der Waals surface area contributed by atoms with Crippen LogP contribution in [0.4, 0.5) is 20.2 Å². The fraction of sp³-hybridized carbons (Fsp3) is 0.188. The van der Waals surface area contributed by atoms with Gasteiger partial charge in [-0.2, -0.15) is 0 Å². The van der Waals surface area contributed by atoms with E-state index in [0.717, 1.165) is 16.8 Å². The van der Waals surface area contributed by atoms with Crippen LogP contribution in [0, 0.1) is 5.82 Å². The first kappa shape index (κ1) is 18.6. The van der Waals surface area contributed by atoms with Crippen LogP contribution < -0.4 is 16.2 Å². The van der Waals surface area contributed by atoms with E-state index in [4.69, 9.17) is 11.6 Å². The topological polar surface area (TPSA) is 80.2 Å². The van der Waals surface area contributed by atoms with Gasteiger partial charge in [0.15, 0.2) is 5.82 Å². The number of carbonyl (C=O) groups excluding carboxylic acids is 2. The number of anilines is 2. The molecule has 0 aliphatic heterocycles. The Morgan fingerprint density at radius 2 is 1.96 bits per heavy atom. The summed E-state index contributed by atoms with van der Waals surface area (Å²) >= 11 is 5.99. The van der Waals surface area contributed by atoms with E-state index in [0.29, 0.717) is 5.69 Å². The maximum absolute atomic E-state index is 13.6. The van der Waals surface area contributed by atoms with Gasteiger partial charge >= 0.3 is 0 Å². The zero-order valence-corrected chi connectivity index (χ0v) is 13.9. The zero-order valence-electron chi connectivity index (χ0n) is 13.1. The lowest BCUT2D eigenvalue weighted by atomic mass is 10.2. The molecule has 1 aromatic heterocycles. The van der Waals surface area contributed by atoms with Crippen molar-refractivity contribution in [2.45, 2.75) is 13.5 Å². The summed E-state index contributed by atoms with van der Waals surface area (Å²) in [6.07, 6.45) is 1.15. The number of hydrogen-bond donors (Lipinski definition) is 2. The maximum atomic E-state index is 13.6. The molecule has 1 heterocycles. The molecule has 2 aromatic rings. The van der Waals surface area contributed by atoms with Gasteiger partial charge in [0.1, 0.15) is 6.67 Å². The van der Waals surface area contributed by atoms with Crippen molar-refractivity contribution in [1.29, 1.82) is 0 Å². The normalized spacial score (nSPS) is 10.4. The average molecular weight is 370 g/mol. The number of aromatic nitrogens is 1. The van der Waals surface area contributed by atoms with Crippen molar-refractivity contribution < 1.29 is 18.4 Å². The Morgan fingerprint density at radius 1 is 1.24 bits per heavy atom. The minimum Gasteiger partial charge on any atom is -0.325 e. The van der Waals surface area contributed by atoms with Crippen LogP contribution >= 0.6 is 11.6 Å². The Morgan fingerprint density at radius 3 is 2.56 bits per heavy atom. The molecule has 0 unspecified atom stereocenters. The number of nitrogens with zero attached hydrogens (tertiary/aromatic N) is 1. The zero-order chi connectivity index (χ0) is 18.6. The second kappa shape index (κ2) is 7.89. The monoisotopic (exact) mass is 369 g/mol. The fourth-order valence-corrected chi connectivity index (χ4v) is 2.30. The van der Waals surface area contributed by atoms with Crippen molar-refractivity contribution in [1.82, 2.24) is 4.57 Å². The Bertz CT molecular complexity index is 883. The van der Waals surface area contributed by atoms with Crippen LogP contribution in [-0.4, -0.2) is 23.1 Å². The number of hydrogen-bond acceptors (Lipinski definition) is 3. The summed E-state index contributed by atoms with van der Waals surface area (Å²) in [5.41, 5.74) is -0.480. The lowest BCUT2D eigenvalue weighted by Crippen LogP contribution is -2.25. The Kier molecular flexibility index (Phi) is 5.87. The quantitative estimate of drug-likeness (QED) is 0.850. The van der Waals surface area contributed by atoms with Crippen LogP contribution in [0.5, 0.6) is 0 Å². The van der Waals surface area contributed by atoms with E-state index in [-0.39, 0.29) is 28.7 Å². The predicted octanol–water partition coefficient (Wildman–Crippen LogP) is 2.82. The number of alkyl halides is 1. The third-order valence-corrected chi connectivity index (χ3v) is 3.48. The number of aryl methyl sites for hydroxylation is 1. The Balaban J connectivity index is 2.24. The van der Waals surface area contributed by atoms with Crippen LogP contribution in [-0.2, 0) is 11.3 Å². The molecule has 132 valence electrons. The lowest BCUT2D eigenvalue weighted by molar-refractivity contribution is -0.114. The highest BCUT2D eigenvalue weighted by atomic mass is 35.5. The maximum Gasteiger partial charge on any atom is 0.286 e. The van der Waals surface area contributed by atoms with Gasteiger partial charge in [0.05, 0.1) is 22.9 Å². The molecule has 25 heavy (non-hydrogen) atoms. The first-order chi connectivity index (χ1) is 11.8. The van der Waals surface area contributed by atoms with E-state index in [1.807, 2.05) is 0 Å². The smallest absolute Gasteiger partial charge is 0.286 e. The minimum absolute atomic E-state index is 0.00221. The molecule has 9 heteroatoms. The van der Waals surface area contributed by atoms with Crippen molar-refractivity contribution >= 4 is 34.8 Å². The highest BCUT2D eigenvalue weighted by molar-refractivity contribution is 6.34. The summed E-state index contributed by atoms with van der Waals surface area (Å²) in [7, 11) is 0. The molecule has 1 aromatic carbocycles. The summed E-state index contributed by atoms with van der Waals surface area (Å²) in [4.78, 5) is 34.7. The van der Waals surface area contributed by atoms with Gasteiger partial charge in [0.25, 0.3) is 11.5 Å². The molecular weight excluding hydrogens is 356 g/mol.